The standard InChI is InChI=1S/C10H2.C6H2.C2H6.23CH4.8H2/c1-3-5-7-9-10-8-6-4-2;1-3-5-6-4-2;1-2;;;;;;;;;;;;;;;;;;;;;;;;;;;;;;;/h1-2H;1-2H;1-2H3;23*1H4;8*1H. The molecule has 0 nitrogen and oxygen atoms in total. The summed E-state index contributed by atoms with van der Waals surface area (Å²) in [6.45, 7) is 4.00. The van der Waals surface area contributed by atoms with Crippen molar-refractivity contribution in [3.8, 4) is 96.7 Å². The summed E-state index contributed by atoms with van der Waals surface area (Å²) in [5.74, 6) is 27.0. The molecule has 0 saturated carbocycles. The van der Waals surface area contributed by atoms with E-state index in [4.69, 9.17) is 25.7 Å². The normalized spacial score (nSPS) is 1.41. The summed E-state index contributed by atoms with van der Waals surface area (Å²) in [6.07, 6.45) is 19.0. The van der Waals surface area contributed by atoms with Gasteiger partial charge in [0, 0.05) is 11.4 Å². The molecule has 0 aliphatic heterocycles. The number of hydrogen-bond donors (Lipinski definition) is 0. The van der Waals surface area contributed by atoms with Gasteiger partial charge in [-0.05, 0) is 71.0 Å². The Hall–Kier alpha value is -3.52. The molecule has 0 aromatic carbocycles. The van der Waals surface area contributed by atoms with Crippen LogP contribution in [0.2, 0.25) is 0 Å². The Bertz CT molecular complexity index is 591. The van der Waals surface area contributed by atoms with Crippen molar-refractivity contribution in [1.82, 2.24) is 0 Å². The van der Waals surface area contributed by atoms with E-state index >= 15 is 0 Å². The zero-order valence-corrected chi connectivity index (χ0v) is 10.3. The van der Waals surface area contributed by atoms with E-state index in [1.807, 2.05) is 13.8 Å². The third-order valence-corrected chi connectivity index (χ3v) is 0.664. The van der Waals surface area contributed by atoms with E-state index < -0.39 is 0 Å². The summed E-state index contributed by atoms with van der Waals surface area (Å²) in [5, 5.41) is 0. The minimum atomic E-state index is 0. The first-order valence-corrected chi connectivity index (χ1v) is 4.65. The van der Waals surface area contributed by atoms with Crippen LogP contribution in [0.25, 0.3) is 0 Å². The SMILES string of the molecule is C.C.C.C.C.C.C.C.C.C.C.C.C.C.C.C.C.C.C.C.C.C.C.C#CC#CC#C.C#CC#CC#CC#CC#C.CC.[HH].[HH].[HH].[HH].[HH].[HH].[HH].[HH]. The minimum Gasteiger partial charge on any atom is -0.106 e. The van der Waals surface area contributed by atoms with Gasteiger partial charge < -0.3 is 0 Å². The second kappa shape index (κ2) is 639. The second-order valence-electron chi connectivity index (χ2n) is 1.58. The molecule has 0 radical (unpaired) electrons. The molecule has 0 aromatic rings. The summed E-state index contributed by atoms with van der Waals surface area (Å²) < 4.78 is 0. The van der Waals surface area contributed by atoms with Gasteiger partial charge in [0.1, 0.15) is 0 Å². The van der Waals surface area contributed by atoms with Crippen LogP contribution < -0.4 is 0 Å². The second-order valence-corrected chi connectivity index (χ2v) is 1.58. The van der Waals surface area contributed by atoms with Crippen molar-refractivity contribution in [2.45, 2.75) is 185 Å². The molecule has 0 bridgehead atoms. The van der Waals surface area contributed by atoms with Gasteiger partial charge in [0.25, 0.3) is 0 Å². The van der Waals surface area contributed by atoms with Crippen LogP contribution in [-0.4, -0.2) is 0 Å². The van der Waals surface area contributed by atoms with Gasteiger partial charge in [0.05, 0.1) is 0 Å². The van der Waals surface area contributed by atoms with Gasteiger partial charge in [-0.3, -0.25) is 0 Å². The van der Waals surface area contributed by atoms with Crippen molar-refractivity contribution in [2.75, 3.05) is 0 Å². The molecule has 0 unspecified atom stereocenters. The summed E-state index contributed by atoms with van der Waals surface area (Å²) >= 11 is 0. The molecular weight excluding hydrogens is 492 g/mol. The molecule has 0 saturated heterocycles. The highest BCUT2D eigenvalue weighted by molar-refractivity contribution is 5.41. The average Bonchev–Trinajstić information content (AvgIpc) is 2.43. The monoisotopic (exact) mass is 611 g/mol. The van der Waals surface area contributed by atoms with Crippen molar-refractivity contribution in [3.63, 3.8) is 0 Å². The molecule has 0 N–H and O–H groups in total. The molecule has 0 rings (SSSR count). The first-order chi connectivity index (χ1) is 8.83. The lowest BCUT2D eigenvalue weighted by molar-refractivity contribution is 1.50. The lowest BCUT2D eigenvalue weighted by atomic mass is 10.5. The van der Waals surface area contributed by atoms with Crippen LogP contribution in [-0.2, 0) is 0 Å². The zero-order chi connectivity index (χ0) is 14.5. The van der Waals surface area contributed by atoms with Gasteiger partial charge in [-0.25, -0.2) is 0 Å². The molecule has 0 spiro atoms. The number of terminal acetylenes is 4. The van der Waals surface area contributed by atoms with Gasteiger partial charge in [-0.15, -0.1) is 25.7 Å². The predicted octanol–water partition coefficient (Wildman–Crippen LogP) is 18.1. The van der Waals surface area contributed by atoms with Crippen molar-refractivity contribution in [2.24, 2.45) is 0 Å². The van der Waals surface area contributed by atoms with E-state index in [1.54, 1.807) is 0 Å². The van der Waals surface area contributed by atoms with Crippen LogP contribution in [0.15, 0.2) is 0 Å². The fraction of sp³-hybridized carbons (Fsp3) is 0.610. The molecule has 0 amide bonds. The summed E-state index contributed by atoms with van der Waals surface area (Å²) in [5.41, 5.74) is 0. The quantitative estimate of drug-likeness (QED) is 0.239. The minimum absolute atomic E-state index is 0. The third-order valence-electron chi connectivity index (χ3n) is 0.664. The van der Waals surface area contributed by atoms with Gasteiger partial charge in [-0.1, -0.05) is 185 Å². The first kappa shape index (κ1) is 378. The van der Waals surface area contributed by atoms with Crippen LogP contribution in [0, 0.1) is 96.7 Å². The highest BCUT2D eigenvalue weighted by Gasteiger charge is 1.52. The lowest BCUT2D eigenvalue weighted by Crippen LogP contribution is -1.51. The van der Waals surface area contributed by atoms with Gasteiger partial charge >= 0.3 is 0 Å². The van der Waals surface area contributed by atoms with Crippen molar-refractivity contribution < 1.29 is 11.4 Å². The van der Waals surface area contributed by atoms with E-state index in [1.165, 1.54) is 0 Å². The summed E-state index contributed by atoms with van der Waals surface area (Å²) in [6, 6.07) is 0. The molecular formula is C41H118. The fourth-order valence-corrected chi connectivity index (χ4v) is 0.269. The molecule has 0 aliphatic rings. The van der Waals surface area contributed by atoms with E-state index in [9.17, 15) is 0 Å². The Morgan fingerprint density at radius 1 is 0.220 bits per heavy atom. The van der Waals surface area contributed by atoms with Crippen LogP contribution in [0.4, 0.5) is 0 Å². The molecule has 0 fully saturated rings. The maximum absolute atomic E-state index is 4.81. The van der Waals surface area contributed by atoms with Gasteiger partial charge in [0.15, 0.2) is 0 Å². The largest absolute Gasteiger partial charge is 0.106 e. The Balaban J connectivity index is -0.00000000173. The molecule has 0 aliphatic carbocycles. The Kier molecular flexibility index (Phi) is 5890. The third kappa shape index (κ3) is 1030. The Labute approximate surface area is 292 Å². The predicted molar refractivity (Wildman–Crippen MR) is 250 cm³/mol. The molecule has 282 valence electrons. The molecule has 0 heterocycles. The molecule has 0 atom stereocenters. The van der Waals surface area contributed by atoms with Crippen LogP contribution >= 0.6 is 0 Å². The van der Waals surface area contributed by atoms with E-state index in [0.717, 1.165) is 0 Å². The van der Waals surface area contributed by atoms with E-state index in [-0.39, 0.29) is 182 Å². The lowest BCUT2D eigenvalue weighted by Gasteiger charge is -1.52. The van der Waals surface area contributed by atoms with Crippen LogP contribution in [0.5, 0.6) is 0 Å². The van der Waals surface area contributed by atoms with Crippen molar-refractivity contribution in [1.29, 1.82) is 0 Å². The van der Waals surface area contributed by atoms with Crippen molar-refractivity contribution in [3.05, 3.63) is 0 Å². The van der Waals surface area contributed by atoms with Crippen LogP contribution in [0.3, 0.4) is 0 Å². The highest BCUT2D eigenvalue weighted by Crippen LogP contribution is 1.52. The number of hydrogen-bond acceptors (Lipinski definition) is 0. The maximum atomic E-state index is 4.81. The smallest absolute Gasteiger partial charge is 0 e. The van der Waals surface area contributed by atoms with Gasteiger partial charge in [-0.2, -0.15) is 0 Å². The van der Waals surface area contributed by atoms with Crippen LogP contribution in [0.1, 0.15) is 196 Å². The molecule has 0 heteroatoms. The molecule has 0 aromatic heterocycles. The average molecular weight is 611 g/mol. The van der Waals surface area contributed by atoms with Gasteiger partial charge in [0.2, 0.25) is 0 Å². The van der Waals surface area contributed by atoms with E-state index in [2.05, 4.69) is 71.0 Å². The Morgan fingerprint density at radius 2 is 0.293 bits per heavy atom. The summed E-state index contributed by atoms with van der Waals surface area (Å²) in [4.78, 5) is 0. The number of rotatable bonds is 0. The van der Waals surface area contributed by atoms with E-state index in [0.29, 0.717) is 0 Å². The zero-order valence-electron chi connectivity index (χ0n) is 10.3. The van der Waals surface area contributed by atoms with Crippen molar-refractivity contribution >= 4 is 0 Å². The summed E-state index contributed by atoms with van der Waals surface area (Å²) in [7, 11) is 0. The highest BCUT2D eigenvalue weighted by atomic mass is 13.5. The topological polar surface area (TPSA) is 0 Å². The maximum Gasteiger partial charge on any atom is 0 e. The first-order valence-electron chi connectivity index (χ1n) is 4.65. The Morgan fingerprint density at radius 3 is 0.390 bits per heavy atom. The molecule has 41 heavy (non-hydrogen) atoms. The fourth-order valence-electron chi connectivity index (χ4n) is 0.269.